The Morgan fingerprint density at radius 3 is 1.67 bits per heavy atom. The van der Waals surface area contributed by atoms with E-state index < -0.39 is 0 Å². The first-order valence-corrected chi connectivity index (χ1v) is 10.7. The predicted molar refractivity (Wildman–Crippen MR) is 101 cm³/mol. The summed E-state index contributed by atoms with van der Waals surface area (Å²) in [6, 6.07) is 0. The van der Waals surface area contributed by atoms with Gasteiger partial charge in [-0.05, 0) is 6.42 Å². The van der Waals surface area contributed by atoms with Crippen molar-refractivity contribution in [1.29, 1.82) is 0 Å². The van der Waals surface area contributed by atoms with Crippen LogP contribution in [0, 0.1) is 0 Å². The molecule has 1 fully saturated rings. The van der Waals surface area contributed by atoms with E-state index in [0.717, 1.165) is 13.0 Å². The molecule has 1 saturated heterocycles. The maximum absolute atomic E-state index is 8.85. The van der Waals surface area contributed by atoms with Crippen LogP contribution in [0.25, 0.3) is 0 Å². The van der Waals surface area contributed by atoms with Crippen molar-refractivity contribution in [3.63, 3.8) is 0 Å². The predicted octanol–water partition coefficient (Wildman–Crippen LogP) is 5.63. The van der Waals surface area contributed by atoms with Crippen molar-refractivity contribution in [2.75, 3.05) is 19.8 Å². The second-order valence-electron chi connectivity index (χ2n) is 7.47. The lowest BCUT2D eigenvalue weighted by Crippen LogP contribution is -2.42. The molecule has 1 heterocycles. The van der Waals surface area contributed by atoms with Crippen molar-refractivity contribution in [1.82, 2.24) is 0 Å². The zero-order valence-corrected chi connectivity index (χ0v) is 16.1. The Labute approximate surface area is 150 Å². The lowest BCUT2D eigenvalue weighted by atomic mass is 10.0. The van der Waals surface area contributed by atoms with E-state index in [1.807, 2.05) is 0 Å². The zero-order chi connectivity index (χ0) is 17.3. The van der Waals surface area contributed by atoms with Crippen LogP contribution in [-0.4, -0.2) is 37.1 Å². The first-order chi connectivity index (χ1) is 11.9. The van der Waals surface area contributed by atoms with Crippen LogP contribution in [0.2, 0.25) is 0 Å². The number of hydrogen-bond acceptors (Lipinski definition) is 3. The van der Waals surface area contributed by atoms with Gasteiger partial charge in [0, 0.05) is 13.0 Å². The van der Waals surface area contributed by atoms with Crippen molar-refractivity contribution in [3.8, 4) is 0 Å². The van der Waals surface area contributed by atoms with Crippen LogP contribution in [0.15, 0.2) is 0 Å². The van der Waals surface area contributed by atoms with E-state index in [9.17, 15) is 0 Å². The second-order valence-corrected chi connectivity index (χ2v) is 7.47. The molecular weight excluding hydrogens is 300 g/mol. The average Bonchev–Trinajstić information content (AvgIpc) is 2.56. The molecule has 0 spiro atoms. The normalized spacial score (nSPS) is 20.2. The van der Waals surface area contributed by atoms with E-state index >= 15 is 0 Å². The highest BCUT2D eigenvalue weighted by atomic mass is 16.6. The molecule has 0 aromatic rings. The largest absolute Gasteiger partial charge is 0.394 e. The highest BCUT2D eigenvalue weighted by Crippen LogP contribution is 2.20. The standard InChI is InChI=1S/C21H42O3/c1-2-3-4-5-6-7-8-9-10-11-12-13-14-15-16-23-19-21-17-20(18-22)24-21/h20-22H,2-19H2,1H3. The third-order valence-corrected chi connectivity index (χ3v) is 5.06. The van der Waals surface area contributed by atoms with Crippen molar-refractivity contribution >= 4 is 0 Å². The van der Waals surface area contributed by atoms with Crippen LogP contribution in [0.1, 0.15) is 103 Å². The van der Waals surface area contributed by atoms with Crippen molar-refractivity contribution in [2.45, 2.75) is 115 Å². The number of rotatable bonds is 18. The summed E-state index contributed by atoms with van der Waals surface area (Å²) < 4.78 is 11.1. The molecule has 0 aromatic carbocycles. The zero-order valence-electron chi connectivity index (χ0n) is 16.1. The van der Waals surface area contributed by atoms with E-state index in [1.54, 1.807) is 0 Å². The topological polar surface area (TPSA) is 38.7 Å². The monoisotopic (exact) mass is 342 g/mol. The van der Waals surface area contributed by atoms with Crippen LogP contribution in [0.3, 0.4) is 0 Å². The summed E-state index contributed by atoms with van der Waals surface area (Å²) in [5.41, 5.74) is 0. The lowest BCUT2D eigenvalue weighted by molar-refractivity contribution is -0.165. The Hall–Kier alpha value is -0.120. The van der Waals surface area contributed by atoms with Gasteiger partial charge in [0.15, 0.2) is 0 Å². The Morgan fingerprint density at radius 1 is 0.750 bits per heavy atom. The van der Waals surface area contributed by atoms with Gasteiger partial charge in [-0.25, -0.2) is 0 Å². The van der Waals surface area contributed by atoms with Gasteiger partial charge in [-0.3, -0.25) is 0 Å². The van der Waals surface area contributed by atoms with Gasteiger partial charge in [0.2, 0.25) is 0 Å². The highest BCUT2D eigenvalue weighted by Gasteiger charge is 2.28. The van der Waals surface area contributed by atoms with Gasteiger partial charge in [-0.2, -0.15) is 0 Å². The minimum Gasteiger partial charge on any atom is -0.394 e. The number of aliphatic hydroxyl groups is 1. The van der Waals surface area contributed by atoms with E-state index in [-0.39, 0.29) is 18.8 Å². The maximum Gasteiger partial charge on any atom is 0.0839 e. The Bertz CT molecular complexity index is 251. The molecule has 2 unspecified atom stereocenters. The Morgan fingerprint density at radius 2 is 1.21 bits per heavy atom. The molecule has 1 N–H and O–H groups in total. The summed E-state index contributed by atoms with van der Waals surface area (Å²) in [6.07, 6.45) is 20.8. The molecular formula is C21H42O3. The Balaban J connectivity index is 1.64. The number of unbranched alkanes of at least 4 members (excludes halogenated alkanes) is 13. The van der Waals surface area contributed by atoms with Gasteiger partial charge in [0.25, 0.3) is 0 Å². The highest BCUT2D eigenvalue weighted by molar-refractivity contribution is 4.76. The number of hydrogen-bond donors (Lipinski definition) is 1. The van der Waals surface area contributed by atoms with E-state index in [2.05, 4.69) is 6.92 Å². The fraction of sp³-hybridized carbons (Fsp3) is 1.00. The van der Waals surface area contributed by atoms with Crippen LogP contribution in [0.5, 0.6) is 0 Å². The van der Waals surface area contributed by atoms with Crippen molar-refractivity contribution in [3.05, 3.63) is 0 Å². The summed E-state index contributed by atoms with van der Waals surface area (Å²) in [4.78, 5) is 0. The second kappa shape index (κ2) is 16.4. The molecule has 0 aliphatic carbocycles. The van der Waals surface area contributed by atoms with Gasteiger partial charge in [-0.1, -0.05) is 90.4 Å². The number of ether oxygens (including phenoxy) is 2. The van der Waals surface area contributed by atoms with Crippen LogP contribution in [-0.2, 0) is 9.47 Å². The van der Waals surface area contributed by atoms with E-state index in [1.165, 1.54) is 89.9 Å². The minimum atomic E-state index is 0.0691. The molecule has 0 radical (unpaired) electrons. The van der Waals surface area contributed by atoms with Gasteiger partial charge >= 0.3 is 0 Å². The van der Waals surface area contributed by atoms with Crippen molar-refractivity contribution < 1.29 is 14.6 Å². The fourth-order valence-electron chi connectivity index (χ4n) is 3.39. The summed E-state index contributed by atoms with van der Waals surface area (Å²) in [6.45, 7) is 4.00. The van der Waals surface area contributed by atoms with Gasteiger partial charge < -0.3 is 14.6 Å². The lowest BCUT2D eigenvalue weighted by Gasteiger charge is -2.34. The number of aliphatic hydroxyl groups excluding tert-OH is 1. The molecule has 3 heteroatoms. The first kappa shape index (κ1) is 21.9. The minimum absolute atomic E-state index is 0.0691. The Kier molecular flexibility index (Phi) is 14.9. The van der Waals surface area contributed by atoms with Crippen molar-refractivity contribution in [2.24, 2.45) is 0 Å². The van der Waals surface area contributed by atoms with Gasteiger partial charge in [0.05, 0.1) is 25.4 Å². The quantitative estimate of drug-likeness (QED) is 0.328. The van der Waals surface area contributed by atoms with Gasteiger partial charge in [0.1, 0.15) is 0 Å². The third kappa shape index (κ3) is 12.3. The summed E-state index contributed by atoms with van der Waals surface area (Å²) in [7, 11) is 0. The van der Waals surface area contributed by atoms with E-state index in [4.69, 9.17) is 14.6 Å². The average molecular weight is 343 g/mol. The molecule has 144 valence electrons. The van der Waals surface area contributed by atoms with Gasteiger partial charge in [-0.15, -0.1) is 0 Å². The molecule has 0 aromatic heterocycles. The molecule has 1 rings (SSSR count). The van der Waals surface area contributed by atoms with E-state index in [0.29, 0.717) is 6.61 Å². The van der Waals surface area contributed by atoms with Crippen LogP contribution < -0.4 is 0 Å². The molecule has 1 aliphatic heterocycles. The van der Waals surface area contributed by atoms with Crippen LogP contribution >= 0.6 is 0 Å². The molecule has 3 nitrogen and oxygen atoms in total. The molecule has 0 saturated carbocycles. The molecule has 2 atom stereocenters. The molecule has 0 bridgehead atoms. The molecule has 1 aliphatic rings. The summed E-state index contributed by atoms with van der Waals surface area (Å²) in [5, 5.41) is 8.85. The smallest absolute Gasteiger partial charge is 0.0839 e. The molecule has 24 heavy (non-hydrogen) atoms. The maximum atomic E-state index is 8.85. The summed E-state index contributed by atoms with van der Waals surface area (Å²) >= 11 is 0. The van der Waals surface area contributed by atoms with Crippen LogP contribution in [0.4, 0.5) is 0 Å². The SMILES string of the molecule is CCCCCCCCCCCCCCCCOCC1CC(CO)O1. The fourth-order valence-corrected chi connectivity index (χ4v) is 3.39. The first-order valence-electron chi connectivity index (χ1n) is 10.7. The molecule has 0 amide bonds. The summed E-state index contributed by atoms with van der Waals surface area (Å²) in [5.74, 6) is 0. The third-order valence-electron chi connectivity index (χ3n) is 5.06.